The fourth-order valence-corrected chi connectivity index (χ4v) is 1.35. The molecule has 0 aliphatic heterocycles. The third-order valence-corrected chi connectivity index (χ3v) is 2.27. The molecule has 16 heavy (non-hydrogen) atoms. The third kappa shape index (κ3) is 4.61. The van der Waals surface area contributed by atoms with Crippen LogP contribution in [0.2, 0.25) is 5.02 Å². The van der Waals surface area contributed by atoms with Crippen molar-refractivity contribution in [3.63, 3.8) is 0 Å². The quantitative estimate of drug-likeness (QED) is 0.658. The van der Waals surface area contributed by atoms with Crippen LogP contribution in [0.15, 0.2) is 24.3 Å². The van der Waals surface area contributed by atoms with Crippen LogP contribution in [0.4, 0.5) is 5.69 Å². The molecule has 3 N–H and O–H groups in total. The van der Waals surface area contributed by atoms with Crippen LogP contribution in [0.5, 0.6) is 0 Å². The predicted octanol–water partition coefficient (Wildman–Crippen LogP) is 1.25. The maximum Gasteiger partial charge on any atom is 0.238 e. The lowest BCUT2D eigenvalue weighted by atomic mass is 10.3. The number of halogens is 1. The van der Waals surface area contributed by atoms with Crippen molar-refractivity contribution in [2.45, 2.75) is 6.42 Å². The van der Waals surface area contributed by atoms with Crippen LogP contribution in [-0.4, -0.2) is 30.7 Å². The number of aliphatic hydroxyl groups is 1. The van der Waals surface area contributed by atoms with Crippen molar-refractivity contribution in [1.82, 2.24) is 5.32 Å². The Labute approximate surface area is 99.6 Å². The Balaban J connectivity index is 2.32. The highest BCUT2D eigenvalue weighted by atomic mass is 35.5. The van der Waals surface area contributed by atoms with Crippen molar-refractivity contribution in [3.8, 4) is 0 Å². The molecule has 0 unspecified atom stereocenters. The molecule has 0 fully saturated rings. The lowest BCUT2D eigenvalue weighted by Crippen LogP contribution is -2.29. The van der Waals surface area contributed by atoms with Gasteiger partial charge in [0.15, 0.2) is 0 Å². The van der Waals surface area contributed by atoms with Gasteiger partial charge in [0.1, 0.15) is 0 Å². The van der Waals surface area contributed by atoms with E-state index in [4.69, 9.17) is 16.7 Å². The fraction of sp³-hybridized carbons (Fsp3) is 0.364. The van der Waals surface area contributed by atoms with Gasteiger partial charge in [0.05, 0.1) is 17.3 Å². The number of para-hydroxylation sites is 1. The Morgan fingerprint density at radius 1 is 1.38 bits per heavy atom. The minimum atomic E-state index is -0.147. The summed E-state index contributed by atoms with van der Waals surface area (Å²) >= 11 is 5.88. The zero-order chi connectivity index (χ0) is 11.8. The smallest absolute Gasteiger partial charge is 0.238 e. The molecular formula is C11H15ClN2O2. The number of hydrogen-bond acceptors (Lipinski definition) is 3. The van der Waals surface area contributed by atoms with E-state index in [9.17, 15) is 4.79 Å². The number of anilines is 1. The minimum Gasteiger partial charge on any atom is -0.396 e. The minimum absolute atomic E-state index is 0.124. The van der Waals surface area contributed by atoms with Crippen LogP contribution >= 0.6 is 11.6 Å². The number of nitrogens with one attached hydrogen (secondary N) is 2. The van der Waals surface area contributed by atoms with E-state index in [-0.39, 0.29) is 19.1 Å². The molecule has 0 bridgehead atoms. The molecule has 1 aromatic carbocycles. The molecule has 1 amide bonds. The maximum absolute atomic E-state index is 11.4. The highest BCUT2D eigenvalue weighted by Gasteiger charge is 2.03. The Morgan fingerprint density at radius 2 is 2.12 bits per heavy atom. The molecule has 0 spiro atoms. The monoisotopic (exact) mass is 242 g/mol. The molecular weight excluding hydrogens is 228 g/mol. The van der Waals surface area contributed by atoms with Crippen molar-refractivity contribution in [2.75, 3.05) is 25.0 Å². The van der Waals surface area contributed by atoms with Crippen molar-refractivity contribution >= 4 is 23.2 Å². The van der Waals surface area contributed by atoms with Gasteiger partial charge < -0.3 is 15.7 Å². The molecule has 0 atom stereocenters. The highest BCUT2D eigenvalue weighted by Crippen LogP contribution is 2.19. The molecule has 0 aliphatic rings. The SMILES string of the molecule is O=C(CNCCCO)Nc1ccccc1Cl. The van der Waals surface area contributed by atoms with Gasteiger partial charge in [0.2, 0.25) is 5.91 Å². The van der Waals surface area contributed by atoms with Gasteiger partial charge in [0.25, 0.3) is 0 Å². The Morgan fingerprint density at radius 3 is 2.81 bits per heavy atom. The fourth-order valence-electron chi connectivity index (χ4n) is 1.16. The first-order valence-corrected chi connectivity index (χ1v) is 5.48. The molecule has 0 saturated heterocycles. The van der Waals surface area contributed by atoms with Crippen molar-refractivity contribution in [1.29, 1.82) is 0 Å². The van der Waals surface area contributed by atoms with Crippen LogP contribution in [0.1, 0.15) is 6.42 Å². The third-order valence-electron chi connectivity index (χ3n) is 1.95. The van der Waals surface area contributed by atoms with E-state index >= 15 is 0 Å². The van der Waals surface area contributed by atoms with Crippen LogP contribution < -0.4 is 10.6 Å². The summed E-state index contributed by atoms with van der Waals surface area (Å²) in [5, 5.41) is 14.7. The average Bonchev–Trinajstić information content (AvgIpc) is 2.28. The zero-order valence-corrected chi connectivity index (χ0v) is 9.63. The van der Waals surface area contributed by atoms with Crippen LogP contribution in [0, 0.1) is 0 Å². The van der Waals surface area contributed by atoms with E-state index in [0.717, 1.165) is 0 Å². The summed E-state index contributed by atoms with van der Waals surface area (Å²) < 4.78 is 0. The summed E-state index contributed by atoms with van der Waals surface area (Å²) in [6.07, 6.45) is 0.638. The highest BCUT2D eigenvalue weighted by molar-refractivity contribution is 6.33. The number of carbonyl (C=O) groups excluding carboxylic acids is 1. The zero-order valence-electron chi connectivity index (χ0n) is 8.87. The summed E-state index contributed by atoms with van der Waals surface area (Å²) in [4.78, 5) is 11.4. The molecule has 0 aromatic heterocycles. The number of rotatable bonds is 6. The first-order chi connectivity index (χ1) is 7.74. The average molecular weight is 243 g/mol. The first kappa shape index (κ1) is 13.0. The summed E-state index contributed by atoms with van der Waals surface area (Å²) in [6.45, 7) is 0.955. The van der Waals surface area contributed by atoms with E-state index in [1.54, 1.807) is 24.3 Å². The number of hydrogen-bond donors (Lipinski definition) is 3. The Hall–Kier alpha value is -1.10. The predicted molar refractivity (Wildman–Crippen MR) is 64.7 cm³/mol. The molecule has 5 heteroatoms. The second-order valence-electron chi connectivity index (χ2n) is 3.28. The lowest BCUT2D eigenvalue weighted by Gasteiger charge is -2.07. The van der Waals surface area contributed by atoms with Crippen LogP contribution in [-0.2, 0) is 4.79 Å². The second-order valence-corrected chi connectivity index (χ2v) is 3.69. The van der Waals surface area contributed by atoms with E-state index < -0.39 is 0 Å². The molecule has 0 aliphatic carbocycles. The number of carbonyl (C=O) groups is 1. The van der Waals surface area contributed by atoms with Gasteiger partial charge >= 0.3 is 0 Å². The van der Waals surface area contributed by atoms with E-state index in [1.807, 2.05) is 0 Å². The van der Waals surface area contributed by atoms with E-state index in [1.165, 1.54) is 0 Å². The topological polar surface area (TPSA) is 61.4 Å². The largest absolute Gasteiger partial charge is 0.396 e. The van der Waals surface area contributed by atoms with E-state index in [0.29, 0.717) is 23.7 Å². The van der Waals surface area contributed by atoms with Gasteiger partial charge in [-0.05, 0) is 25.1 Å². The normalized spacial score (nSPS) is 10.1. The van der Waals surface area contributed by atoms with Crippen molar-refractivity contribution in [3.05, 3.63) is 29.3 Å². The maximum atomic E-state index is 11.4. The Bertz CT molecular complexity index is 345. The summed E-state index contributed by atoms with van der Waals surface area (Å²) in [5.41, 5.74) is 0.609. The van der Waals surface area contributed by atoms with Gasteiger partial charge in [-0.3, -0.25) is 4.79 Å². The van der Waals surface area contributed by atoms with Crippen LogP contribution in [0.25, 0.3) is 0 Å². The molecule has 0 heterocycles. The molecule has 88 valence electrons. The van der Waals surface area contributed by atoms with Crippen molar-refractivity contribution in [2.24, 2.45) is 0 Å². The lowest BCUT2D eigenvalue weighted by molar-refractivity contribution is -0.115. The molecule has 0 saturated carbocycles. The number of benzene rings is 1. The molecule has 1 aromatic rings. The summed E-state index contributed by atoms with van der Waals surface area (Å²) in [5.74, 6) is -0.147. The van der Waals surface area contributed by atoms with Crippen LogP contribution in [0.3, 0.4) is 0 Å². The van der Waals surface area contributed by atoms with Gasteiger partial charge in [-0.15, -0.1) is 0 Å². The molecule has 0 radical (unpaired) electrons. The second kappa shape index (κ2) is 7.22. The molecule has 1 rings (SSSR count). The number of aliphatic hydroxyl groups excluding tert-OH is 1. The van der Waals surface area contributed by atoms with Gasteiger partial charge in [-0.1, -0.05) is 23.7 Å². The van der Waals surface area contributed by atoms with Gasteiger partial charge in [-0.2, -0.15) is 0 Å². The molecule has 4 nitrogen and oxygen atoms in total. The van der Waals surface area contributed by atoms with Gasteiger partial charge in [-0.25, -0.2) is 0 Å². The summed E-state index contributed by atoms with van der Waals surface area (Å²) in [7, 11) is 0. The van der Waals surface area contributed by atoms with Crippen molar-refractivity contribution < 1.29 is 9.90 Å². The standard InChI is InChI=1S/C11H15ClN2O2/c12-9-4-1-2-5-10(9)14-11(16)8-13-6-3-7-15/h1-2,4-5,13,15H,3,6-8H2,(H,14,16). The Kier molecular flexibility index (Phi) is 5.85. The number of amides is 1. The summed E-state index contributed by atoms with van der Waals surface area (Å²) in [6, 6.07) is 7.07. The van der Waals surface area contributed by atoms with Gasteiger partial charge in [0, 0.05) is 6.61 Å². The first-order valence-electron chi connectivity index (χ1n) is 5.10. The van der Waals surface area contributed by atoms with E-state index in [2.05, 4.69) is 10.6 Å².